The molecule has 0 amide bonds. The molecule has 1 atom stereocenters. The number of aromatic nitrogens is 1. The number of rotatable bonds is 2. The van der Waals surface area contributed by atoms with Crippen molar-refractivity contribution in [1.82, 2.24) is 4.57 Å². The van der Waals surface area contributed by atoms with E-state index in [4.69, 9.17) is 43.1 Å². The first kappa shape index (κ1) is 21.8. The van der Waals surface area contributed by atoms with Crippen LogP contribution in [0.4, 0.5) is 10.5 Å². The Labute approximate surface area is 190 Å². The standard InChI is InChI=1S/C23H24Cl2N2O4/c1-12-10-29-11-19-20(12)15-9-14(30-21-16(24)7-13(26)8-17(21)25)5-6-18(15)27(19)22(28)31-23(2,3)4/h5-9,12H,10-11,26H2,1-4H3. The maximum Gasteiger partial charge on any atom is 0.419 e. The van der Waals surface area contributed by atoms with Crippen molar-refractivity contribution in [2.45, 2.75) is 45.8 Å². The molecule has 0 bridgehead atoms. The van der Waals surface area contributed by atoms with Gasteiger partial charge in [0.25, 0.3) is 0 Å². The van der Waals surface area contributed by atoms with Gasteiger partial charge >= 0.3 is 6.09 Å². The highest BCUT2D eigenvalue weighted by molar-refractivity contribution is 6.37. The predicted octanol–water partition coefficient (Wildman–Crippen LogP) is 6.74. The van der Waals surface area contributed by atoms with Crippen LogP contribution in [0.5, 0.6) is 11.5 Å². The molecule has 3 aromatic rings. The third-order valence-corrected chi connectivity index (χ3v) is 5.56. The van der Waals surface area contributed by atoms with Crippen LogP contribution in [0.3, 0.4) is 0 Å². The molecule has 164 valence electrons. The first-order valence-electron chi connectivity index (χ1n) is 9.96. The highest BCUT2D eigenvalue weighted by Crippen LogP contribution is 2.41. The summed E-state index contributed by atoms with van der Waals surface area (Å²) >= 11 is 12.6. The lowest BCUT2D eigenvalue weighted by Gasteiger charge is -2.23. The van der Waals surface area contributed by atoms with E-state index in [1.54, 1.807) is 22.8 Å². The molecule has 8 heteroatoms. The Morgan fingerprint density at radius 3 is 2.52 bits per heavy atom. The topological polar surface area (TPSA) is 75.7 Å². The molecular weight excluding hydrogens is 439 g/mol. The van der Waals surface area contributed by atoms with Crippen LogP contribution >= 0.6 is 23.2 Å². The Morgan fingerprint density at radius 1 is 1.19 bits per heavy atom. The van der Waals surface area contributed by atoms with Gasteiger partial charge in [0.2, 0.25) is 0 Å². The van der Waals surface area contributed by atoms with Gasteiger partial charge in [0.05, 0.1) is 34.5 Å². The van der Waals surface area contributed by atoms with Crippen LogP contribution in [0.15, 0.2) is 30.3 Å². The largest absolute Gasteiger partial charge is 0.454 e. The van der Waals surface area contributed by atoms with Crippen LogP contribution in [-0.2, 0) is 16.1 Å². The zero-order valence-electron chi connectivity index (χ0n) is 17.8. The summed E-state index contributed by atoms with van der Waals surface area (Å²) < 4.78 is 19.0. The van der Waals surface area contributed by atoms with E-state index in [1.807, 2.05) is 32.9 Å². The quantitative estimate of drug-likeness (QED) is 0.426. The van der Waals surface area contributed by atoms with E-state index < -0.39 is 11.7 Å². The Morgan fingerprint density at radius 2 is 1.87 bits per heavy atom. The number of benzene rings is 2. The van der Waals surface area contributed by atoms with Gasteiger partial charge in [0.15, 0.2) is 5.75 Å². The summed E-state index contributed by atoms with van der Waals surface area (Å²) in [5.74, 6) is 0.978. The average Bonchev–Trinajstić information content (AvgIpc) is 2.98. The minimum Gasteiger partial charge on any atom is -0.454 e. The number of hydrogen-bond donors (Lipinski definition) is 1. The summed E-state index contributed by atoms with van der Waals surface area (Å²) in [4.78, 5) is 13.0. The SMILES string of the molecule is CC1COCc2c1c1cc(Oc3c(Cl)cc(N)cc3Cl)ccc1n2C(=O)OC(C)(C)C. The molecule has 0 fully saturated rings. The summed E-state index contributed by atoms with van der Waals surface area (Å²) in [7, 11) is 0. The molecule has 0 radical (unpaired) electrons. The summed E-state index contributed by atoms with van der Waals surface area (Å²) in [5, 5.41) is 1.54. The highest BCUT2D eigenvalue weighted by Gasteiger charge is 2.30. The monoisotopic (exact) mass is 462 g/mol. The van der Waals surface area contributed by atoms with Crippen LogP contribution in [0.25, 0.3) is 10.9 Å². The van der Waals surface area contributed by atoms with Gasteiger partial charge in [0, 0.05) is 17.0 Å². The number of hydrogen-bond acceptors (Lipinski definition) is 5. The van der Waals surface area contributed by atoms with Crippen LogP contribution in [0, 0.1) is 0 Å². The van der Waals surface area contributed by atoms with Crippen molar-refractivity contribution < 1.29 is 19.0 Å². The molecule has 1 aliphatic rings. The number of ether oxygens (including phenoxy) is 3. The second kappa shape index (κ2) is 7.93. The van der Waals surface area contributed by atoms with Crippen molar-refractivity contribution in [3.63, 3.8) is 0 Å². The fourth-order valence-corrected chi connectivity index (χ4v) is 4.41. The maximum absolute atomic E-state index is 13.0. The van der Waals surface area contributed by atoms with Crippen molar-refractivity contribution in [1.29, 1.82) is 0 Å². The smallest absolute Gasteiger partial charge is 0.419 e. The van der Waals surface area contributed by atoms with E-state index in [9.17, 15) is 4.79 Å². The zero-order valence-corrected chi connectivity index (χ0v) is 19.3. The van der Waals surface area contributed by atoms with E-state index >= 15 is 0 Å². The molecule has 4 rings (SSSR count). The lowest BCUT2D eigenvalue weighted by atomic mass is 9.96. The summed E-state index contributed by atoms with van der Waals surface area (Å²) in [6, 6.07) is 8.66. The highest BCUT2D eigenvalue weighted by atomic mass is 35.5. The fraction of sp³-hybridized carbons (Fsp3) is 0.348. The summed E-state index contributed by atoms with van der Waals surface area (Å²) in [6.07, 6.45) is -0.435. The molecule has 1 aromatic heterocycles. The van der Waals surface area contributed by atoms with Crippen molar-refractivity contribution in [3.05, 3.63) is 51.6 Å². The second-order valence-electron chi connectivity index (χ2n) is 8.69. The molecule has 0 spiro atoms. The number of anilines is 1. The number of nitrogen functional groups attached to an aromatic ring is 1. The van der Waals surface area contributed by atoms with Crippen molar-refractivity contribution >= 4 is 45.9 Å². The molecule has 2 N–H and O–H groups in total. The molecule has 31 heavy (non-hydrogen) atoms. The number of carbonyl (C=O) groups is 1. The van der Waals surface area contributed by atoms with Crippen molar-refractivity contribution in [3.8, 4) is 11.5 Å². The van der Waals surface area contributed by atoms with Gasteiger partial charge in [-0.2, -0.15) is 0 Å². The first-order chi connectivity index (χ1) is 14.5. The second-order valence-corrected chi connectivity index (χ2v) is 9.50. The Balaban J connectivity index is 1.83. The van der Waals surface area contributed by atoms with Gasteiger partial charge in [-0.05, 0) is 56.7 Å². The third kappa shape index (κ3) is 4.20. The van der Waals surface area contributed by atoms with Gasteiger partial charge < -0.3 is 19.9 Å². The lowest BCUT2D eigenvalue weighted by molar-refractivity contribution is 0.0499. The van der Waals surface area contributed by atoms with Crippen molar-refractivity contribution in [2.75, 3.05) is 12.3 Å². The predicted molar refractivity (Wildman–Crippen MR) is 123 cm³/mol. The van der Waals surface area contributed by atoms with E-state index in [0.29, 0.717) is 40.4 Å². The Kier molecular flexibility index (Phi) is 5.58. The average molecular weight is 463 g/mol. The Hall–Kier alpha value is -2.41. The van der Waals surface area contributed by atoms with Gasteiger partial charge in [0.1, 0.15) is 11.4 Å². The van der Waals surface area contributed by atoms with Crippen LogP contribution in [0.2, 0.25) is 10.0 Å². The van der Waals surface area contributed by atoms with E-state index in [2.05, 4.69) is 6.92 Å². The zero-order chi connectivity index (χ0) is 22.5. The molecular formula is C23H24Cl2N2O4. The number of fused-ring (bicyclic) bond motifs is 3. The summed E-state index contributed by atoms with van der Waals surface area (Å²) in [6.45, 7) is 8.50. The normalized spacial score (nSPS) is 16.3. The van der Waals surface area contributed by atoms with E-state index in [0.717, 1.165) is 22.2 Å². The van der Waals surface area contributed by atoms with Gasteiger partial charge in [-0.3, -0.25) is 0 Å². The number of nitrogens with zero attached hydrogens (tertiary/aromatic N) is 1. The number of nitrogens with two attached hydrogens (primary N) is 1. The first-order valence-corrected chi connectivity index (χ1v) is 10.7. The number of carbonyl (C=O) groups excluding carboxylic acids is 1. The maximum atomic E-state index is 13.0. The van der Waals surface area contributed by atoms with E-state index in [1.165, 1.54) is 0 Å². The van der Waals surface area contributed by atoms with Crippen LogP contribution in [-0.4, -0.2) is 22.9 Å². The van der Waals surface area contributed by atoms with Gasteiger partial charge in [-0.1, -0.05) is 30.1 Å². The fourth-order valence-electron chi connectivity index (χ4n) is 3.83. The molecule has 1 unspecified atom stereocenters. The van der Waals surface area contributed by atoms with Gasteiger partial charge in [-0.25, -0.2) is 9.36 Å². The lowest BCUT2D eigenvalue weighted by Crippen LogP contribution is -2.29. The molecule has 0 aliphatic carbocycles. The number of halogens is 2. The third-order valence-electron chi connectivity index (χ3n) is 5.00. The summed E-state index contributed by atoms with van der Waals surface area (Å²) in [5.41, 5.74) is 8.19. The minimum absolute atomic E-state index is 0.105. The molecule has 0 saturated heterocycles. The van der Waals surface area contributed by atoms with Crippen molar-refractivity contribution in [2.24, 2.45) is 0 Å². The van der Waals surface area contributed by atoms with Crippen LogP contribution < -0.4 is 10.5 Å². The molecule has 1 aliphatic heterocycles. The molecule has 0 saturated carbocycles. The molecule has 6 nitrogen and oxygen atoms in total. The van der Waals surface area contributed by atoms with Gasteiger partial charge in [-0.15, -0.1) is 0 Å². The molecule has 2 aromatic carbocycles. The minimum atomic E-state index is -0.618. The Bertz CT molecular complexity index is 1160. The van der Waals surface area contributed by atoms with Crippen LogP contribution in [0.1, 0.15) is 44.9 Å². The molecule has 2 heterocycles. The van der Waals surface area contributed by atoms with E-state index in [-0.39, 0.29) is 5.92 Å².